The molecule has 0 aliphatic heterocycles. The highest BCUT2D eigenvalue weighted by Gasteiger charge is 2.10. The van der Waals surface area contributed by atoms with Gasteiger partial charge in [0.25, 0.3) is 0 Å². The lowest BCUT2D eigenvalue weighted by Gasteiger charge is -2.17. The molecule has 0 aromatic heterocycles. The quantitative estimate of drug-likeness (QED) is 0.886. The molecular weight excluding hydrogens is 276 g/mol. The van der Waals surface area contributed by atoms with E-state index >= 15 is 0 Å². The molecule has 2 aromatic carbocycles. The molecule has 1 unspecified atom stereocenters. The normalized spacial score (nSPS) is 11.6. The Balaban J connectivity index is 1.89. The van der Waals surface area contributed by atoms with Gasteiger partial charge in [0.15, 0.2) is 0 Å². The SMILES string of the molecule is COc1cccc(CNC(=O)NC(C)c2ccccc2C)c1. The molecule has 0 spiro atoms. The summed E-state index contributed by atoms with van der Waals surface area (Å²) in [7, 11) is 1.63. The lowest BCUT2D eigenvalue weighted by atomic mass is 10.0. The van der Waals surface area contributed by atoms with E-state index in [-0.39, 0.29) is 12.1 Å². The number of hydrogen-bond donors (Lipinski definition) is 2. The first-order valence-electron chi connectivity index (χ1n) is 7.33. The molecule has 2 rings (SSSR count). The summed E-state index contributed by atoms with van der Waals surface area (Å²) in [6, 6.07) is 15.5. The highest BCUT2D eigenvalue weighted by molar-refractivity contribution is 5.74. The number of hydrogen-bond acceptors (Lipinski definition) is 2. The van der Waals surface area contributed by atoms with Crippen molar-refractivity contribution in [2.75, 3.05) is 7.11 Å². The third kappa shape index (κ3) is 4.25. The zero-order valence-electron chi connectivity index (χ0n) is 13.2. The highest BCUT2D eigenvalue weighted by Crippen LogP contribution is 2.16. The fourth-order valence-corrected chi connectivity index (χ4v) is 2.36. The molecule has 22 heavy (non-hydrogen) atoms. The van der Waals surface area contributed by atoms with Crippen LogP contribution in [-0.2, 0) is 6.54 Å². The fraction of sp³-hybridized carbons (Fsp3) is 0.278. The number of ether oxygens (including phenoxy) is 1. The summed E-state index contributed by atoms with van der Waals surface area (Å²) >= 11 is 0. The summed E-state index contributed by atoms with van der Waals surface area (Å²) in [5, 5.41) is 5.82. The maximum absolute atomic E-state index is 12.0. The fourth-order valence-electron chi connectivity index (χ4n) is 2.36. The predicted molar refractivity (Wildman–Crippen MR) is 88.0 cm³/mol. The van der Waals surface area contributed by atoms with Gasteiger partial charge in [-0.05, 0) is 42.7 Å². The highest BCUT2D eigenvalue weighted by atomic mass is 16.5. The molecule has 0 heterocycles. The lowest BCUT2D eigenvalue weighted by molar-refractivity contribution is 0.237. The van der Waals surface area contributed by atoms with Gasteiger partial charge in [-0.2, -0.15) is 0 Å². The number of methoxy groups -OCH3 is 1. The van der Waals surface area contributed by atoms with Gasteiger partial charge in [0, 0.05) is 6.54 Å². The number of benzene rings is 2. The van der Waals surface area contributed by atoms with Gasteiger partial charge in [0.05, 0.1) is 13.2 Å². The first-order chi connectivity index (χ1) is 10.6. The molecule has 0 bridgehead atoms. The number of carbonyl (C=O) groups is 1. The van der Waals surface area contributed by atoms with Gasteiger partial charge in [-0.3, -0.25) is 0 Å². The minimum atomic E-state index is -0.182. The van der Waals surface area contributed by atoms with Crippen molar-refractivity contribution >= 4 is 6.03 Å². The third-order valence-electron chi connectivity index (χ3n) is 3.59. The summed E-state index contributed by atoms with van der Waals surface area (Å²) in [4.78, 5) is 12.0. The number of rotatable bonds is 5. The van der Waals surface area contributed by atoms with Crippen molar-refractivity contribution in [3.63, 3.8) is 0 Å². The van der Waals surface area contributed by atoms with Crippen LogP contribution in [-0.4, -0.2) is 13.1 Å². The predicted octanol–water partition coefficient (Wildman–Crippen LogP) is 3.56. The smallest absolute Gasteiger partial charge is 0.315 e. The first-order valence-corrected chi connectivity index (χ1v) is 7.33. The van der Waals surface area contributed by atoms with Crippen molar-refractivity contribution in [3.05, 3.63) is 65.2 Å². The van der Waals surface area contributed by atoms with Crippen LogP contribution in [0.3, 0.4) is 0 Å². The van der Waals surface area contributed by atoms with Gasteiger partial charge in [-0.15, -0.1) is 0 Å². The van der Waals surface area contributed by atoms with Gasteiger partial charge in [-0.1, -0.05) is 36.4 Å². The molecule has 116 valence electrons. The molecule has 0 saturated carbocycles. The second-order valence-electron chi connectivity index (χ2n) is 5.26. The van der Waals surface area contributed by atoms with Crippen molar-refractivity contribution in [3.8, 4) is 5.75 Å². The van der Waals surface area contributed by atoms with Crippen LogP contribution in [0.25, 0.3) is 0 Å². The number of aryl methyl sites for hydroxylation is 1. The lowest BCUT2D eigenvalue weighted by Crippen LogP contribution is -2.36. The Morgan fingerprint density at radius 1 is 1.18 bits per heavy atom. The minimum Gasteiger partial charge on any atom is -0.497 e. The van der Waals surface area contributed by atoms with E-state index < -0.39 is 0 Å². The van der Waals surface area contributed by atoms with Crippen LogP contribution in [0.4, 0.5) is 4.79 Å². The average molecular weight is 298 g/mol. The number of urea groups is 1. The molecule has 2 aromatic rings. The molecule has 0 aliphatic rings. The largest absolute Gasteiger partial charge is 0.497 e. The molecule has 0 radical (unpaired) electrons. The van der Waals surface area contributed by atoms with Gasteiger partial charge in [0.2, 0.25) is 0 Å². The standard InChI is InChI=1S/C18H22N2O2/c1-13-7-4-5-10-17(13)14(2)20-18(21)19-12-15-8-6-9-16(11-15)22-3/h4-11,14H,12H2,1-3H3,(H2,19,20,21). The second-order valence-corrected chi connectivity index (χ2v) is 5.26. The molecule has 0 aliphatic carbocycles. The Morgan fingerprint density at radius 3 is 2.68 bits per heavy atom. The molecule has 2 N–H and O–H groups in total. The number of nitrogens with one attached hydrogen (secondary N) is 2. The minimum absolute atomic E-state index is 0.0356. The maximum Gasteiger partial charge on any atom is 0.315 e. The van der Waals surface area contributed by atoms with Crippen molar-refractivity contribution in [2.24, 2.45) is 0 Å². The van der Waals surface area contributed by atoms with E-state index in [1.807, 2.05) is 62.4 Å². The number of amides is 2. The first kappa shape index (κ1) is 15.9. The third-order valence-corrected chi connectivity index (χ3v) is 3.59. The van der Waals surface area contributed by atoms with Crippen molar-refractivity contribution in [1.29, 1.82) is 0 Å². The van der Waals surface area contributed by atoms with E-state index in [0.717, 1.165) is 16.9 Å². The van der Waals surface area contributed by atoms with Crippen LogP contribution in [0.2, 0.25) is 0 Å². The van der Waals surface area contributed by atoms with Crippen LogP contribution in [0.1, 0.15) is 29.7 Å². The summed E-state index contributed by atoms with van der Waals surface area (Å²) < 4.78 is 5.17. The average Bonchev–Trinajstić information content (AvgIpc) is 2.53. The zero-order chi connectivity index (χ0) is 15.9. The molecular formula is C18H22N2O2. The van der Waals surface area contributed by atoms with Crippen LogP contribution >= 0.6 is 0 Å². The molecule has 2 amide bonds. The van der Waals surface area contributed by atoms with E-state index in [1.165, 1.54) is 5.56 Å². The Kier molecular flexibility index (Phi) is 5.42. The van der Waals surface area contributed by atoms with E-state index in [1.54, 1.807) is 7.11 Å². The van der Waals surface area contributed by atoms with E-state index in [4.69, 9.17) is 4.74 Å². The van der Waals surface area contributed by atoms with Crippen LogP contribution in [0.15, 0.2) is 48.5 Å². The van der Waals surface area contributed by atoms with Gasteiger partial charge in [-0.25, -0.2) is 4.79 Å². The molecule has 1 atom stereocenters. The summed E-state index contributed by atoms with van der Waals surface area (Å²) in [5.41, 5.74) is 3.29. The van der Waals surface area contributed by atoms with E-state index in [0.29, 0.717) is 6.54 Å². The van der Waals surface area contributed by atoms with Crippen LogP contribution in [0, 0.1) is 6.92 Å². The van der Waals surface area contributed by atoms with Gasteiger partial charge < -0.3 is 15.4 Å². The van der Waals surface area contributed by atoms with Crippen molar-refractivity contribution in [1.82, 2.24) is 10.6 Å². The van der Waals surface area contributed by atoms with Crippen LogP contribution < -0.4 is 15.4 Å². The zero-order valence-corrected chi connectivity index (χ0v) is 13.2. The van der Waals surface area contributed by atoms with E-state index in [2.05, 4.69) is 10.6 Å². The molecule has 4 heteroatoms. The monoisotopic (exact) mass is 298 g/mol. The maximum atomic E-state index is 12.0. The Hall–Kier alpha value is -2.49. The Morgan fingerprint density at radius 2 is 1.95 bits per heavy atom. The molecule has 0 fully saturated rings. The summed E-state index contributed by atoms with van der Waals surface area (Å²) in [5.74, 6) is 0.785. The van der Waals surface area contributed by atoms with Crippen molar-refractivity contribution < 1.29 is 9.53 Å². The second kappa shape index (κ2) is 7.50. The topological polar surface area (TPSA) is 50.4 Å². The van der Waals surface area contributed by atoms with Gasteiger partial charge in [0.1, 0.15) is 5.75 Å². The summed E-state index contributed by atoms with van der Waals surface area (Å²) in [6.45, 7) is 4.48. The Bertz CT molecular complexity index is 640. The molecule has 0 saturated heterocycles. The van der Waals surface area contributed by atoms with Crippen LogP contribution in [0.5, 0.6) is 5.75 Å². The van der Waals surface area contributed by atoms with E-state index in [9.17, 15) is 4.79 Å². The summed E-state index contributed by atoms with van der Waals surface area (Å²) in [6.07, 6.45) is 0. The number of carbonyl (C=O) groups excluding carboxylic acids is 1. The van der Waals surface area contributed by atoms with Gasteiger partial charge >= 0.3 is 6.03 Å². The Labute approximate surface area is 131 Å². The molecule has 4 nitrogen and oxygen atoms in total. The van der Waals surface area contributed by atoms with Crippen molar-refractivity contribution in [2.45, 2.75) is 26.4 Å².